The summed E-state index contributed by atoms with van der Waals surface area (Å²) in [5.74, 6) is 0.729. The van der Waals surface area contributed by atoms with Gasteiger partial charge < -0.3 is 5.32 Å². The minimum atomic E-state index is -0.209. The standard InChI is InChI=1S/C14H13BrFNS/c15-11-3-1-6-14(9-11)18-8-7-17-13-5-2-4-12(16)10-13/h1-6,9-10,17H,7-8H2. The molecule has 0 radical (unpaired) electrons. The van der Waals surface area contributed by atoms with Crippen molar-refractivity contribution in [2.45, 2.75) is 4.90 Å². The Bertz CT molecular complexity index is 471. The van der Waals surface area contributed by atoms with Gasteiger partial charge in [0.1, 0.15) is 5.82 Å². The summed E-state index contributed by atoms with van der Waals surface area (Å²) in [5, 5.41) is 3.20. The highest BCUT2D eigenvalue weighted by Crippen LogP contribution is 2.21. The second-order valence-corrected chi connectivity index (χ2v) is 5.83. The number of thioether (sulfide) groups is 1. The van der Waals surface area contributed by atoms with Gasteiger partial charge in [0.15, 0.2) is 0 Å². The second-order valence-electron chi connectivity index (χ2n) is 3.74. The maximum atomic E-state index is 12.9. The molecule has 0 saturated carbocycles. The molecule has 94 valence electrons. The van der Waals surface area contributed by atoms with Crippen LogP contribution >= 0.6 is 27.7 Å². The number of halogens is 2. The van der Waals surface area contributed by atoms with Crippen molar-refractivity contribution in [1.29, 1.82) is 0 Å². The van der Waals surface area contributed by atoms with Crippen molar-refractivity contribution in [2.24, 2.45) is 0 Å². The monoisotopic (exact) mass is 325 g/mol. The highest BCUT2D eigenvalue weighted by molar-refractivity contribution is 9.10. The smallest absolute Gasteiger partial charge is 0.125 e. The molecule has 0 spiro atoms. The van der Waals surface area contributed by atoms with Crippen molar-refractivity contribution in [1.82, 2.24) is 0 Å². The molecule has 0 unspecified atom stereocenters. The molecule has 0 aliphatic carbocycles. The van der Waals surface area contributed by atoms with E-state index < -0.39 is 0 Å². The Morgan fingerprint density at radius 3 is 2.72 bits per heavy atom. The number of anilines is 1. The van der Waals surface area contributed by atoms with Crippen LogP contribution in [0.15, 0.2) is 57.9 Å². The van der Waals surface area contributed by atoms with Crippen molar-refractivity contribution >= 4 is 33.4 Å². The zero-order chi connectivity index (χ0) is 12.8. The molecule has 0 atom stereocenters. The van der Waals surface area contributed by atoms with Gasteiger partial charge in [-0.3, -0.25) is 0 Å². The Balaban J connectivity index is 1.76. The van der Waals surface area contributed by atoms with Gasteiger partial charge in [-0.2, -0.15) is 0 Å². The first-order valence-corrected chi connectivity index (χ1v) is 7.40. The number of hydrogen-bond donors (Lipinski definition) is 1. The summed E-state index contributed by atoms with van der Waals surface area (Å²) in [5.41, 5.74) is 0.824. The van der Waals surface area contributed by atoms with Crippen LogP contribution in [0.2, 0.25) is 0 Å². The van der Waals surface area contributed by atoms with Crippen LogP contribution in [0.5, 0.6) is 0 Å². The number of nitrogens with one attached hydrogen (secondary N) is 1. The van der Waals surface area contributed by atoms with Crippen molar-refractivity contribution in [3.05, 3.63) is 58.8 Å². The maximum absolute atomic E-state index is 12.9. The fraction of sp³-hybridized carbons (Fsp3) is 0.143. The summed E-state index contributed by atoms with van der Waals surface area (Å²) < 4.78 is 14.0. The molecule has 0 aliphatic rings. The molecule has 2 aromatic rings. The van der Waals surface area contributed by atoms with E-state index in [4.69, 9.17) is 0 Å². The van der Waals surface area contributed by atoms with Gasteiger partial charge in [0.05, 0.1) is 0 Å². The Morgan fingerprint density at radius 2 is 1.94 bits per heavy atom. The van der Waals surface area contributed by atoms with Gasteiger partial charge in [0, 0.05) is 27.4 Å². The van der Waals surface area contributed by atoms with E-state index >= 15 is 0 Å². The first-order valence-electron chi connectivity index (χ1n) is 5.62. The summed E-state index contributed by atoms with van der Waals surface area (Å²) in [6.45, 7) is 0.806. The summed E-state index contributed by atoms with van der Waals surface area (Å²) in [6, 6.07) is 14.7. The zero-order valence-corrected chi connectivity index (χ0v) is 12.1. The van der Waals surface area contributed by atoms with Crippen molar-refractivity contribution in [3.8, 4) is 0 Å². The van der Waals surface area contributed by atoms with Crippen molar-refractivity contribution in [2.75, 3.05) is 17.6 Å². The molecule has 0 bridgehead atoms. The molecule has 0 amide bonds. The normalized spacial score (nSPS) is 10.3. The largest absolute Gasteiger partial charge is 0.384 e. The first kappa shape index (κ1) is 13.4. The van der Waals surface area contributed by atoms with E-state index in [1.54, 1.807) is 17.8 Å². The lowest BCUT2D eigenvalue weighted by atomic mass is 10.3. The zero-order valence-electron chi connectivity index (χ0n) is 9.70. The van der Waals surface area contributed by atoms with Gasteiger partial charge in [-0.05, 0) is 36.4 Å². The first-order chi connectivity index (χ1) is 8.74. The van der Waals surface area contributed by atoms with E-state index in [0.717, 1.165) is 22.5 Å². The molecular weight excluding hydrogens is 313 g/mol. The molecule has 0 saturated heterocycles. The van der Waals surface area contributed by atoms with Crippen LogP contribution < -0.4 is 5.32 Å². The third-order valence-corrected chi connectivity index (χ3v) is 3.81. The molecule has 0 aliphatic heterocycles. The second kappa shape index (κ2) is 6.81. The lowest BCUT2D eigenvalue weighted by Gasteiger charge is -2.06. The fourth-order valence-corrected chi connectivity index (χ4v) is 2.90. The van der Waals surface area contributed by atoms with E-state index in [0.29, 0.717) is 0 Å². The van der Waals surface area contributed by atoms with Crippen LogP contribution in [-0.2, 0) is 0 Å². The predicted octanol–water partition coefficient (Wildman–Crippen LogP) is 4.79. The molecule has 1 nitrogen and oxygen atoms in total. The molecule has 4 heteroatoms. The Labute approximate surface area is 119 Å². The molecule has 0 aromatic heterocycles. The summed E-state index contributed by atoms with van der Waals surface area (Å²) >= 11 is 5.22. The Hall–Kier alpha value is -1.00. The van der Waals surface area contributed by atoms with Gasteiger partial charge in [0.2, 0.25) is 0 Å². The van der Waals surface area contributed by atoms with Crippen LogP contribution in [0.4, 0.5) is 10.1 Å². The molecular formula is C14H13BrFNS. The Kier molecular flexibility index (Phi) is 5.08. The van der Waals surface area contributed by atoms with Gasteiger partial charge >= 0.3 is 0 Å². The minimum Gasteiger partial charge on any atom is -0.384 e. The van der Waals surface area contributed by atoms with Gasteiger partial charge in [-0.1, -0.05) is 28.1 Å². The highest BCUT2D eigenvalue weighted by atomic mass is 79.9. The summed E-state index contributed by atoms with van der Waals surface area (Å²) in [6.07, 6.45) is 0. The average Bonchev–Trinajstić information content (AvgIpc) is 2.35. The highest BCUT2D eigenvalue weighted by Gasteiger charge is 1.96. The number of hydrogen-bond acceptors (Lipinski definition) is 2. The quantitative estimate of drug-likeness (QED) is 0.626. The van der Waals surface area contributed by atoms with Crippen molar-refractivity contribution < 1.29 is 4.39 Å². The molecule has 0 heterocycles. The lowest BCUT2D eigenvalue weighted by Crippen LogP contribution is -2.03. The van der Waals surface area contributed by atoms with E-state index in [1.807, 2.05) is 18.2 Å². The van der Waals surface area contributed by atoms with Gasteiger partial charge in [-0.15, -0.1) is 11.8 Å². The predicted molar refractivity (Wildman–Crippen MR) is 79.8 cm³/mol. The topological polar surface area (TPSA) is 12.0 Å². The summed E-state index contributed by atoms with van der Waals surface area (Å²) in [7, 11) is 0. The van der Waals surface area contributed by atoms with Gasteiger partial charge in [0.25, 0.3) is 0 Å². The fourth-order valence-electron chi connectivity index (χ4n) is 1.52. The number of rotatable bonds is 5. The van der Waals surface area contributed by atoms with Crippen LogP contribution in [0.25, 0.3) is 0 Å². The molecule has 2 rings (SSSR count). The number of benzene rings is 2. The lowest BCUT2D eigenvalue weighted by molar-refractivity contribution is 0.628. The SMILES string of the molecule is Fc1cccc(NCCSc2cccc(Br)c2)c1. The third-order valence-electron chi connectivity index (χ3n) is 2.32. The molecule has 0 fully saturated rings. The van der Waals surface area contributed by atoms with Crippen LogP contribution in [-0.4, -0.2) is 12.3 Å². The summed E-state index contributed by atoms with van der Waals surface area (Å²) in [4.78, 5) is 1.23. The minimum absolute atomic E-state index is 0.209. The van der Waals surface area contributed by atoms with E-state index in [-0.39, 0.29) is 5.82 Å². The van der Waals surface area contributed by atoms with E-state index in [2.05, 4.69) is 33.4 Å². The molecule has 1 N–H and O–H groups in total. The van der Waals surface area contributed by atoms with Crippen LogP contribution in [0.3, 0.4) is 0 Å². The van der Waals surface area contributed by atoms with Gasteiger partial charge in [-0.25, -0.2) is 4.39 Å². The Morgan fingerprint density at radius 1 is 1.11 bits per heavy atom. The van der Waals surface area contributed by atoms with E-state index in [9.17, 15) is 4.39 Å². The van der Waals surface area contributed by atoms with E-state index in [1.165, 1.54) is 17.0 Å². The molecule has 18 heavy (non-hydrogen) atoms. The average molecular weight is 326 g/mol. The van der Waals surface area contributed by atoms with Crippen molar-refractivity contribution in [3.63, 3.8) is 0 Å². The molecule has 2 aromatic carbocycles. The third kappa shape index (κ3) is 4.35. The van der Waals surface area contributed by atoms with Crippen LogP contribution in [0, 0.1) is 5.82 Å². The maximum Gasteiger partial charge on any atom is 0.125 e. The van der Waals surface area contributed by atoms with Crippen LogP contribution in [0.1, 0.15) is 0 Å².